The van der Waals surface area contributed by atoms with Gasteiger partial charge in [-0.3, -0.25) is 0 Å². The lowest BCUT2D eigenvalue weighted by Gasteiger charge is -2.15. The molecule has 0 aromatic heterocycles. The van der Waals surface area contributed by atoms with Gasteiger partial charge in [0.2, 0.25) is 0 Å². The average Bonchev–Trinajstić information content (AvgIpc) is 2.35. The first-order valence-corrected chi connectivity index (χ1v) is 7.17. The van der Waals surface area contributed by atoms with E-state index in [1.807, 2.05) is 25.1 Å². The van der Waals surface area contributed by atoms with Crippen molar-refractivity contribution in [3.63, 3.8) is 0 Å². The van der Waals surface area contributed by atoms with Crippen molar-refractivity contribution in [1.82, 2.24) is 5.32 Å². The Hall–Kier alpha value is -0.730. The minimum absolute atomic E-state index is 0.604. The number of hydrogen-bond acceptors (Lipinski definition) is 2. The largest absolute Gasteiger partial charge is 0.492 e. The van der Waals surface area contributed by atoms with Crippen molar-refractivity contribution < 1.29 is 4.74 Å². The predicted octanol–water partition coefficient (Wildman–Crippen LogP) is 4.20. The summed E-state index contributed by atoms with van der Waals surface area (Å²) in [5.74, 6) is 0.791. The van der Waals surface area contributed by atoms with Crippen LogP contribution in [0, 0.1) is 6.92 Å². The van der Waals surface area contributed by atoms with Gasteiger partial charge in [-0.1, -0.05) is 31.5 Å². The fraction of sp³-hybridized carbons (Fsp3) is 0.600. The van der Waals surface area contributed by atoms with E-state index in [9.17, 15) is 0 Å². The van der Waals surface area contributed by atoms with Crippen LogP contribution in [0.5, 0.6) is 5.75 Å². The van der Waals surface area contributed by atoms with Gasteiger partial charge >= 0.3 is 0 Å². The Morgan fingerprint density at radius 1 is 1.33 bits per heavy atom. The molecule has 18 heavy (non-hydrogen) atoms. The molecule has 1 N–H and O–H groups in total. The van der Waals surface area contributed by atoms with Gasteiger partial charge in [-0.15, -0.1) is 0 Å². The second-order valence-electron chi connectivity index (χ2n) is 4.59. The van der Waals surface area contributed by atoms with Gasteiger partial charge in [0.05, 0.1) is 11.6 Å². The highest BCUT2D eigenvalue weighted by atomic mass is 35.5. The van der Waals surface area contributed by atoms with Crippen molar-refractivity contribution in [2.24, 2.45) is 0 Å². The van der Waals surface area contributed by atoms with Crippen LogP contribution in [0.1, 0.15) is 38.7 Å². The van der Waals surface area contributed by atoms with Crippen molar-refractivity contribution in [2.45, 2.75) is 46.1 Å². The van der Waals surface area contributed by atoms with E-state index in [0.717, 1.165) is 37.3 Å². The zero-order valence-electron chi connectivity index (χ0n) is 11.6. The molecule has 0 amide bonds. The van der Waals surface area contributed by atoms with Crippen LogP contribution in [0.25, 0.3) is 0 Å². The standard InChI is InChI=1S/C15H24ClNO/c1-4-13(17-5-2)7-6-10-18-15-9-8-12(3)11-14(15)16/h8-9,11,13,17H,4-7,10H2,1-3H3. The summed E-state index contributed by atoms with van der Waals surface area (Å²) in [5, 5.41) is 4.17. The lowest BCUT2D eigenvalue weighted by molar-refractivity contribution is 0.295. The Bertz CT molecular complexity index is 354. The first-order valence-electron chi connectivity index (χ1n) is 6.79. The lowest BCUT2D eigenvalue weighted by Crippen LogP contribution is -2.28. The quantitative estimate of drug-likeness (QED) is 0.715. The van der Waals surface area contributed by atoms with E-state index in [2.05, 4.69) is 19.2 Å². The second-order valence-corrected chi connectivity index (χ2v) is 4.99. The topological polar surface area (TPSA) is 21.3 Å². The van der Waals surface area contributed by atoms with E-state index >= 15 is 0 Å². The molecular formula is C15H24ClNO. The third-order valence-corrected chi connectivity index (χ3v) is 3.32. The van der Waals surface area contributed by atoms with Crippen LogP contribution in [0.3, 0.4) is 0 Å². The minimum atomic E-state index is 0.604. The van der Waals surface area contributed by atoms with Gasteiger partial charge in [0.1, 0.15) is 5.75 Å². The third kappa shape index (κ3) is 5.28. The first-order chi connectivity index (χ1) is 8.67. The molecule has 1 aromatic rings. The van der Waals surface area contributed by atoms with Crippen LogP contribution in [0.15, 0.2) is 18.2 Å². The van der Waals surface area contributed by atoms with Crippen molar-refractivity contribution in [2.75, 3.05) is 13.2 Å². The van der Waals surface area contributed by atoms with Crippen LogP contribution in [0.2, 0.25) is 5.02 Å². The Morgan fingerprint density at radius 2 is 2.11 bits per heavy atom. The lowest BCUT2D eigenvalue weighted by atomic mass is 10.1. The van der Waals surface area contributed by atoms with E-state index in [4.69, 9.17) is 16.3 Å². The van der Waals surface area contributed by atoms with Gasteiger partial charge in [0.25, 0.3) is 0 Å². The van der Waals surface area contributed by atoms with Gasteiger partial charge in [-0.25, -0.2) is 0 Å². The number of rotatable bonds is 8. The molecule has 0 spiro atoms. The Kier molecular flexibility index (Phi) is 7.14. The molecule has 0 bridgehead atoms. The highest BCUT2D eigenvalue weighted by Crippen LogP contribution is 2.25. The fourth-order valence-corrected chi connectivity index (χ4v) is 2.26. The molecule has 1 atom stereocenters. The molecule has 1 rings (SSSR count). The van der Waals surface area contributed by atoms with Crippen molar-refractivity contribution in [1.29, 1.82) is 0 Å². The molecule has 1 aromatic carbocycles. The van der Waals surface area contributed by atoms with Gasteiger partial charge in [0.15, 0.2) is 0 Å². The average molecular weight is 270 g/mol. The molecule has 0 heterocycles. The highest BCUT2D eigenvalue weighted by Gasteiger charge is 2.05. The normalized spacial score (nSPS) is 12.4. The van der Waals surface area contributed by atoms with Crippen LogP contribution in [-0.2, 0) is 0 Å². The number of benzene rings is 1. The SMILES string of the molecule is CCNC(CC)CCCOc1ccc(C)cc1Cl. The summed E-state index contributed by atoms with van der Waals surface area (Å²) < 4.78 is 5.71. The third-order valence-electron chi connectivity index (χ3n) is 3.03. The summed E-state index contributed by atoms with van der Waals surface area (Å²) in [6, 6.07) is 6.50. The summed E-state index contributed by atoms with van der Waals surface area (Å²) in [4.78, 5) is 0. The number of aryl methyl sites for hydroxylation is 1. The molecule has 0 aliphatic heterocycles. The highest BCUT2D eigenvalue weighted by molar-refractivity contribution is 6.32. The summed E-state index contributed by atoms with van der Waals surface area (Å²) in [5.41, 5.74) is 1.16. The molecule has 1 unspecified atom stereocenters. The van der Waals surface area contributed by atoms with Crippen LogP contribution >= 0.6 is 11.6 Å². The first kappa shape index (κ1) is 15.3. The molecule has 102 valence electrons. The number of halogens is 1. The molecule has 0 fully saturated rings. The Morgan fingerprint density at radius 3 is 2.72 bits per heavy atom. The smallest absolute Gasteiger partial charge is 0.137 e. The van der Waals surface area contributed by atoms with E-state index in [1.54, 1.807) is 0 Å². The summed E-state index contributed by atoms with van der Waals surface area (Å²) in [6.45, 7) is 8.14. The Balaban J connectivity index is 2.29. The minimum Gasteiger partial charge on any atom is -0.492 e. The van der Waals surface area contributed by atoms with Crippen molar-refractivity contribution in [3.05, 3.63) is 28.8 Å². The number of nitrogens with one attached hydrogen (secondary N) is 1. The Labute approximate surface area is 116 Å². The maximum absolute atomic E-state index is 6.11. The fourth-order valence-electron chi connectivity index (χ4n) is 1.97. The molecular weight excluding hydrogens is 246 g/mol. The predicted molar refractivity (Wildman–Crippen MR) is 78.7 cm³/mol. The summed E-state index contributed by atoms with van der Waals surface area (Å²) >= 11 is 6.11. The molecule has 0 aliphatic carbocycles. The summed E-state index contributed by atoms with van der Waals surface area (Å²) in [7, 11) is 0. The second kappa shape index (κ2) is 8.39. The van der Waals surface area contributed by atoms with Gasteiger partial charge in [0, 0.05) is 6.04 Å². The maximum Gasteiger partial charge on any atom is 0.137 e. The van der Waals surface area contributed by atoms with Gasteiger partial charge < -0.3 is 10.1 Å². The molecule has 0 saturated carbocycles. The van der Waals surface area contributed by atoms with Crippen LogP contribution in [-0.4, -0.2) is 19.2 Å². The zero-order valence-corrected chi connectivity index (χ0v) is 12.4. The number of ether oxygens (including phenoxy) is 1. The van der Waals surface area contributed by atoms with Gasteiger partial charge in [-0.05, 0) is 50.4 Å². The molecule has 0 aliphatic rings. The van der Waals surface area contributed by atoms with E-state index in [0.29, 0.717) is 11.1 Å². The van der Waals surface area contributed by atoms with Gasteiger partial charge in [-0.2, -0.15) is 0 Å². The van der Waals surface area contributed by atoms with E-state index in [1.165, 1.54) is 6.42 Å². The van der Waals surface area contributed by atoms with E-state index in [-0.39, 0.29) is 0 Å². The molecule has 0 radical (unpaired) electrons. The monoisotopic (exact) mass is 269 g/mol. The van der Waals surface area contributed by atoms with Crippen molar-refractivity contribution >= 4 is 11.6 Å². The van der Waals surface area contributed by atoms with Crippen LogP contribution in [0.4, 0.5) is 0 Å². The number of hydrogen-bond donors (Lipinski definition) is 1. The molecule has 3 heteroatoms. The zero-order chi connectivity index (χ0) is 13.4. The van der Waals surface area contributed by atoms with Crippen molar-refractivity contribution in [3.8, 4) is 5.75 Å². The maximum atomic E-state index is 6.11. The molecule has 0 saturated heterocycles. The van der Waals surface area contributed by atoms with E-state index < -0.39 is 0 Å². The molecule has 2 nitrogen and oxygen atoms in total. The van der Waals surface area contributed by atoms with Crippen LogP contribution < -0.4 is 10.1 Å². The summed E-state index contributed by atoms with van der Waals surface area (Å²) in [6.07, 6.45) is 3.36.